The summed E-state index contributed by atoms with van der Waals surface area (Å²) in [5.41, 5.74) is 0. The topological polar surface area (TPSA) is 0 Å². The number of hydrogen-bond acceptors (Lipinski definition) is 0. The molecular weight excluding hydrogens is 118 g/mol. The second kappa shape index (κ2) is 10.5. The first-order chi connectivity index (χ1) is 2.91. The Morgan fingerprint density at radius 2 is 2.14 bits per heavy atom. The molecule has 0 amide bonds. The molecule has 38 valence electrons. The summed E-state index contributed by atoms with van der Waals surface area (Å²) in [6.45, 7) is 2.76. The van der Waals surface area contributed by atoms with Gasteiger partial charge in [0.15, 0.2) is 0 Å². The fourth-order valence-electron chi connectivity index (χ4n) is 0.281. The van der Waals surface area contributed by atoms with E-state index in [0.29, 0.717) is 13.1 Å². The molecule has 0 fully saturated rings. The number of halogens is 1. The number of hydrogen-bond donors (Lipinski definition) is 0. The van der Waals surface area contributed by atoms with Gasteiger partial charge in [0.05, 0.1) is 0 Å². The van der Waals surface area contributed by atoms with Gasteiger partial charge in [-0.3, -0.25) is 0 Å². The Labute approximate surface area is 87.3 Å². The van der Waals surface area contributed by atoms with E-state index in [1.165, 1.54) is 0 Å². The molecule has 0 aliphatic heterocycles. The van der Waals surface area contributed by atoms with Crippen molar-refractivity contribution >= 4 is 0 Å². The van der Waals surface area contributed by atoms with Crippen molar-refractivity contribution in [2.45, 2.75) is 26.2 Å². The fraction of sp³-hybridized carbons (Fsp3) is 0.800. The summed E-state index contributed by atoms with van der Waals surface area (Å²) in [6.07, 6.45) is 2.69. The van der Waals surface area contributed by atoms with Crippen molar-refractivity contribution in [3.63, 3.8) is 0 Å². The molecule has 0 atom stereocenters. The van der Waals surface area contributed by atoms with Crippen LogP contribution >= 0.6 is 0 Å². The van der Waals surface area contributed by atoms with Gasteiger partial charge in [-0.1, -0.05) is 19.8 Å². The van der Waals surface area contributed by atoms with Gasteiger partial charge in [0, 0.05) is 0 Å². The first-order valence-corrected chi connectivity index (χ1v) is 2.33. The number of rotatable bonds is 3. The van der Waals surface area contributed by atoms with Crippen LogP contribution in [0.4, 0.5) is 4.39 Å². The molecule has 0 rings (SSSR count). The van der Waals surface area contributed by atoms with E-state index in [1.807, 2.05) is 6.92 Å². The predicted octanol–water partition coefficient (Wildman–Crippen LogP) is -0.688. The van der Waals surface area contributed by atoms with Gasteiger partial charge in [0.25, 0.3) is 0 Å². The molecule has 0 aromatic heterocycles. The van der Waals surface area contributed by atoms with E-state index in [0.717, 1.165) is 12.8 Å². The van der Waals surface area contributed by atoms with E-state index in [-0.39, 0.29) is 51.4 Å². The molecule has 0 N–H and O–H groups in total. The van der Waals surface area contributed by atoms with Crippen LogP contribution in [0.15, 0.2) is 0 Å². The Hall–Kier alpha value is 1.57. The molecular formula is C5H10FK. The molecule has 0 nitrogen and oxygen atoms in total. The van der Waals surface area contributed by atoms with E-state index in [2.05, 4.69) is 0 Å². The second-order valence-electron chi connectivity index (χ2n) is 1.30. The quantitative estimate of drug-likeness (QED) is 0.268. The Morgan fingerprint density at radius 1 is 1.57 bits per heavy atom. The van der Waals surface area contributed by atoms with E-state index < -0.39 is 0 Å². The maximum Gasteiger partial charge on any atom is 1.00 e. The number of unbranched alkanes of at least 4 members (excludes halogenated alkanes) is 2. The van der Waals surface area contributed by atoms with Crippen molar-refractivity contribution < 1.29 is 55.8 Å². The van der Waals surface area contributed by atoms with Gasteiger partial charge in [-0.25, -0.2) is 0 Å². The average Bonchev–Trinajstić information content (AvgIpc) is 1.61. The normalized spacial score (nSPS) is 7.71. The van der Waals surface area contributed by atoms with Crippen molar-refractivity contribution in [3.05, 3.63) is 6.67 Å². The van der Waals surface area contributed by atoms with Crippen molar-refractivity contribution in [2.75, 3.05) is 0 Å². The molecule has 0 radical (unpaired) electrons. The molecule has 0 aromatic carbocycles. The van der Waals surface area contributed by atoms with Crippen LogP contribution in [0.3, 0.4) is 0 Å². The molecule has 0 unspecified atom stereocenters. The summed E-state index contributed by atoms with van der Waals surface area (Å²) in [5.74, 6) is 0. The zero-order valence-electron chi connectivity index (χ0n) is 5.08. The minimum Gasteiger partial charge on any atom is -0.459 e. The van der Waals surface area contributed by atoms with Crippen LogP contribution < -0.4 is 51.4 Å². The minimum absolute atomic E-state index is 0. The van der Waals surface area contributed by atoms with E-state index in [4.69, 9.17) is 0 Å². The summed E-state index contributed by atoms with van der Waals surface area (Å²) in [7, 11) is 0. The SMILES string of the molecule is CCCC[CH-]F.[K+]. The Bertz CT molecular complexity index is 20.0. The molecule has 0 aliphatic carbocycles. The first kappa shape index (κ1) is 11.4. The summed E-state index contributed by atoms with van der Waals surface area (Å²) in [4.78, 5) is 0. The standard InChI is InChI=1S/C5H10F.K/c1-2-3-4-5-6;/h5H,2-4H2,1H3;/q-1;+1. The van der Waals surface area contributed by atoms with Crippen molar-refractivity contribution in [3.8, 4) is 0 Å². The first-order valence-electron chi connectivity index (χ1n) is 2.33. The molecule has 0 aromatic rings. The summed E-state index contributed by atoms with van der Waals surface area (Å²) < 4.78 is 11.1. The Balaban J connectivity index is 0. The van der Waals surface area contributed by atoms with Crippen LogP contribution in [0, 0.1) is 6.67 Å². The third-order valence-corrected chi connectivity index (χ3v) is 0.667. The third-order valence-electron chi connectivity index (χ3n) is 0.667. The van der Waals surface area contributed by atoms with Gasteiger partial charge in [-0.2, -0.15) is 13.1 Å². The van der Waals surface area contributed by atoms with E-state index in [9.17, 15) is 4.39 Å². The van der Waals surface area contributed by atoms with Crippen molar-refractivity contribution in [1.82, 2.24) is 0 Å². The van der Waals surface area contributed by atoms with Crippen molar-refractivity contribution in [1.29, 1.82) is 0 Å². The van der Waals surface area contributed by atoms with Crippen LogP contribution in [0.5, 0.6) is 0 Å². The Morgan fingerprint density at radius 3 is 2.29 bits per heavy atom. The van der Waals surface area contributed by atoms with Gasteiger partial charge in [-0.15, -0.1) is 0 Å². The molecule has 0 spiro atoms. The molecule has 0 saturated heterocycles. The van der Waals surface area contributed by atoms with E-state index >= 15 is 0 Å². The molecule has 0 saturated carbocycles. The third kappa shape index (κ3) is 11.2. The zero-order chi connectivity index (χ0) is 4.83. The summed E-state index contributed by atoms with van der Waals surface area (Å²) in [6, 6.07) is 0. The van der Waals surface area contributed by atoms with Crippen LogP contribution in [-0.4, -0.2) is 0 Å². The Kier molecular flexibility index (Phi) is 17.1. The second-order valence-corrected chi connectivity index (χ2v) is 1.30. The van der Waals surface area contributed by atoms with E-state index in [1.54, 1.807) is 0 Å². The van der Waals surface area contributed by atoms with Gasteiger partial charge in [0.1, 0.15) is 0 Å². The molecule has 7 heavy (non-hydrogen) atoms. The predicted molar refractivity (Wildman–Crippen MR) is 24.9 cm³/mol. The zero-order valence-corrected chi connectivity index (χ0v) is 8.20. The van der Waals surface area contributed by atoms with Crippen LogP contribution in [0.25, 0.3) is 0 Å². The van der Waals surface area contributed by atoms with Gasteiger partial charge in [-0.05, 0) is 0 Å². The molecule has 0 aliphatic rings. The fourth-order valence-corrected chi connectivity index (χ4v) is 0.281. The van der Waals surface area contributed by atoms with Gasteiger partial charge < -0.3 is 4.39 Å². The summed E-state index contributed by atoms with van der Waals surface area (Å²) >= 11 is 0. The molecule has 0 bridgehead atoms. The summed E-state index contributed by atoms with van der Waals surface area (Å²) in [5, 5.41) is 0. The average molecular weight is 128 g/mol. The minimum atomic E-state index is 0. The van der Waals surface area contributed by atoms with Gasteiger partial charge in [0.2, 0.25) is 0 Å². The van der Waals surface area contributed by atoms with Crippen LogP contribution in [0.2, 0.25) is 0 Å². The molecule has 0 heterocycles. The molecule has 2 heteroatoms. The van der Waals surface area contributed by atoms with Crippen molar-refractivity contribution in [2.24, 2.45) is 0 Å². The maximum absolute atomic E-state index is 11.1. The smallest absolute Gasteiger partial charge is 0.459 e. The van der Waals surface area contributed by atoms with Crippen LogP contribution in [-0.2, 0) is 0 Å². The largest absolute Gasteiger partial charge is 1.00 e. The van der Waals surface area contributed by atoms with Gasteiger partial charge >= 0.3 is 51.4 Å². The van der Waals surface area contributed by atoms with Crippen LogP contribution in [0.1, 0.15) is 26.2 Å². The maximum atomic E-state index is 11.1. The monoisotopic (exact) mass is 128 g/mol.